The number of hydrogen-bond acceptors (Lipinski definition) is 3. The molecule has 164 valence electrons. The summed E-state index contributed by atoms with van der Waals surface area (Å²) in [6, 6.07) is 17.7. The second-order valence-corrected chi connectivity index (χ2v) is 8.68. The number of anilines is 1. The van der Waals surface area contributed by atoms with E-state index >= 15 is 0 Å². The van der Waals surface area contributed by atoms with Gasteiger partial charge < -0.3 is 5.32 Å². The van der Waals surface area contributed by atoms with Crippen LogP contribution in [0.1, 0.15) is 32.4 Å². The van der Waals surface area contributed by atoms with Gasteiger partial charge in [0, 0.05) is 17.8 Å². The maximum atomic E-state index is 13.3. The largest absolute Gasteiger partial charge is 0.352 e. The number of nitrogens with one attached hydrogen (secondary N) is 1. The van der Waals surface area contributed by atoms with Crippen LogP contribution in [-0.2, 0) is 11.2 Å². The molecule has 1 N–H and O–H groups in total. The minimum Gasteiger partial charge on any atom is -0.352 e. The number of amides is 2. The van der Waals surface area contributed by atoms with E-state index in [9.17, 15) is 18.4 Å². The summed E-state index contributed by atoms with van der Waals surface area (Å²) in [4.78, 5) is 26.9. The molecule has 3 aromatic carbocycles. The second-order valence-electron chi connectivity index (χ2n) is 7.62. The van der Waals surface area contributed by atoms with Crippen LogP contribution in [0.5, 0.6) is 0 Å². The molecule has 32 heavy (non-hydrogen) atoms. The summed E-state index contributed by atoms with van der Waals surface area (Å²) < 4.78 is 26.6. The first kappa shape index (κ1) is 22.0. The molecule has 2 amide bonds. The third kappa shape index (κ3) is 4.83. The predicted molar refractivity (Wildman–Crippen MR) is 123 cm³/mol. The van der Waals surface area contributed by atoms with Crippen LogP contribution >= 0.6 is 11.8 Å². The third-order valence-corrected chi connectivity index (χ3v) is 6.54. The highest BCUT2D eigenvalue weighted by atomic mass is 32.2. The Morgan fingerprint density at radius 1 is 1.06 bits per heavy atom. The van der Waals surface area contributed by atoms with Crippen molar-refractivity contribution in [2.75, 3.05) is 17.2 Å². The van der Waals surface area contributed by atoms with Gasteiger partial charge in [0.1, 0.15) is 17.0 Å². The highest BCUT2D eigenvalue weighted by Crippen LogP contribution is 2.42. The highest BCUT2D eigenvalue weighted by molar-refractivity contribution is 8.00. The van der Waals surface area contributed by atoms with E-state index in [0.717, 1.165) is 22.4 Å². The zero-order valence-corrected chi connectivity index (χ0v) is 18.3. The molecular formula is C25H22F2N2O2S. The summed E-state index contributed by atoms with van der Waals surface area (Å²) in [7, 11) is 0. The van der Waals surface area contributed by atoms with E-state index in [-0.39, 0.29) is 28.8 Å². The van der Waals surface area contributed by atoms with E-state index in [1.54, 1.807) is 41.3 Å². The molecule has 0 aliphatic carbocycles. The Balaban J connectivity index is 1.46. The lowest BCUT2D eigenvalue weighted by Gasteiger charge is -2.26. The average molecular weight is 453 g/mol. The van der Waals surface area contributed by atoms with Crippen LogP contribution in [0.25, 0.3) is 0 Å². The first-order valence-electron chi connectivity index (χ1n) is 10.2. The van der Waals surface area contributed by atoms with Crippen LogP contribution < -0.4 is 10.2 Å². The maximum absolute atomic E-state index is 13.3. The van der Waals surface area contributed by atoms with Crippen LogP contribution in [0.15, 0.2) is 66.7 Å². The van der Waals surface area contributed by atoms with E-state index in [1.807, 2.05) is 13.0 Å². The second kappa shape index (κ2) is 9.53. The van der Waals surface area contributed by atoms with Crippen LogP contribution in [-0.4, -0.2) is 24.1 Å². The van der Waals surface area contributed by atoms with Gasteiger partial charge in [0.15, 0.2) is 0 Å². The fourth-order valence-corrected chi connectivity index (χ4v) is 4.91. The molecule has 3 aromatic rings. The highest BCUT2D eigenvalue weighted by Gasteiger charge is 2.34. The molecule has 1 unspecified atom stereocenters. The third-order valence-electron chi connectivity index (χ3n) is 5.33. The van der Waals surface area contributed by atoms with Gasteiger partial charge in [-0.2, -0.15) is 0 Å². The van der Waals surface area contributed by atoms with Crippen molar-refractivity contribution in [2.24, 2.45) is 0 Å². The molecule has 1 atom stereocenters. The Labute approximate surface area is 189 Å². The number of carbonyl (C=O) groups excluding carboxylic acids is 2. The SMILES string of the molecule is Cc1cc(C(=O)NCCc2cccc(F)c2)ccc1N1C(=O)CSC1c1ccc(F)cc1. The average Bonchev–Trinajstić information content (AvgIpc) is 3.15. The maximum Gasteiger partial charge on any atom is 0.251 e. The molecule has 0 bridgehead atoms. The Morgan fingerprint density at radius 3 is 2.56 bits per heavy atom. The summed E-state index contributed by atoms with van der Waals surface area (Å²) in [5, 5.41) is 2.61. The molecule has 0 aromatic heterocycles. The van der Waals surface area contributed by atoms with Crippen molar-refractivity contribution < 1.29 is 18.4 Å². The molecule has 0 saturated carbocycles. The van der Waals surface area contributed by atoms with Crippen molar-refractivity contribution >= 4 is 29.3 Å². The number of hydrogen-bond donors (Lipinski definition) is 1. The number of rotatable bonds is 6. The lowest BCUT2D eigenvalue weighted by Crippen LogP contribution is -2.29. The van der Waals surface area contributed by atoms with Gasteiger partial charge in [0.2, 0.25) is 5.91 Å². The Hall–Kier alpha value is -3.19. The van der Waals surface area contributed by atoms with Crippen molar-refractivity contribution in [1.82, 2.24) is 5.32 Å². The molecule has 0 spiro atoms. The first-order chi connectivity index (χ1) is 15.4. The van der Waals surface area contributed by atoms with Crippen LogP contribution in [0.2, 0.25) is 0 Å². The molecule has 1 aliphatic heterocycles. The molecule has 1 aliphatic rings. The normalized spacial score (nSPS) is 15.8. The molecule has 7 heteroatoms. The van der Waals surface area contributed by atoms with E-state index in [0.29, 0.717) is 24.3 Å². The topological polar surface area (TPSA) is 49.4 Å². The monoisotopic (exact) mass is 452 g/mol. The van der Waals surface area contributed by atoms with Gasteiger partial charge in [-0.05, 0) is 72.5 Å². The van der Waals surface area contributed by atoms with Crippen molar-refractivity contribution in [2.45, 2.75) is 18.7 Å². The van der Waals surface area contributed by atoms with Crippen molar-refractivity contribution in [3.8, 4) is 0 Å². The van der Waals surface area contributed by atoms with Crippen molar-refractivity contribution in [1.29, 1.82) is 0 Å². The van der Waals surface area contributed by atoms with Gasteiger partial charge in [0.05, 0.1) is 5.75 Å². The van der Waals surface area contributed by atoms with E-state index < -0.39 is 0 Å². The van der Waals surface area contributed by atoms with E-state index in [1.165, 1.54) is 36.0 Å². The smallest absolute Gasteiger partial charge is 0.251 e. The number of thioether (sulfide) groups is 1. The molecule has 0 radical (unpaired) electrons. The Bertz CT molecular complexity index is 1150. The van der Waals surface area contributed by atoms with Crippen molar-refractivity contribution in [3.05, 3.63) is 101 Å². The first-order valence-corrected chi connectivity index (χ1v) is 11.3. The molecule has 1 fully saturated rings. The molecule has 4 nitrogen and oxygen atoms in total. The standard InChI is InChI=1S/C25H22F2N2O2S/c1-16-13-19(24(31)28-12-11-17-3-2-4-21(27)14-17)7-10-22(16)29-23(30)15-32-25(29)18-5-8-20(26)9-6-18/h2-10,13-14,25H,11-12,15H2,1H3,(H,28,31). The Kier molecular flexibility index (Phi) is 6.55. The van der Waals surface area contributed by atoms with Gasteiger partial charge in [-0.25, -0.2) is 8.78 Å². The van der Waals surface area contributed by atoms with Gasteiger partial charge in [-0.1, -0.05) is 24.3 Å². The fourth-order valence-electron chi connectivity index (χ4n) is 3.74. The lowest BCUT2D eigenvalue weighted by atomic mass is 10.1. The zero-order valence-electron chi connectivity index (χ0n) is 17.5. The van der Waals surface area contributed by atoms with Crippen LogP contribution in [0.4, 0.5) is 14.5 Å². The lowest BCUT2D eigenvalue weighted by molar-refractivity contribution is -0.115. The van der Waals surface area contributed by atoms with Crippen molar-refractivity contribution in [3.63, 3.8) is 0 Å². The minimum absolute atomic E-state index is 0.0280. The van der Waals surface area contributed by atoms with Gasteiger partial charge in [-0.15, -0.1) is 11.8 Å². The summed E-state index contributed by atoms with van der Waals surface area (Å²) in [6.45, 7) is 2.24. The summed E-state index contributed by atoms with van der Waals surface area (Å²) in [5.74, 6) is -0.538. The molecule has 1 saturated heterocycles. The zero-order chi connectivity index (χ0) is 22.7. The Morgan fingerprint density at radius 2 is 1.84 bits per heavy atom. The van der Waals surface area contributed by atoms with Gasteiger partial charge in [-0.3, -0.25) is 14.5 Å². The molecule has 4 rings (SSSR count). The predicted octanol–water partition coefficient (Wildman–Crippen LogP) is 5.02. The summed E-state index contributed by atoms with van der Waals surface area (Å²) >= 11 is 1.49. The van der Waals surface area contributed by atoms with Gasteiger partial charge in [0.25, 0.3) is 5.91 Å². The van der Waals surface area contributed by atoms with Crippen LogP contribution in [0.3, 0.4) is 0 Å². The number of carbonyl (C=O) groups is 2. The van der Waals surface area contributed by atoms with E-state index in [2.05, 4.69) is 5.32 Å². The molecular weight excluding hydrogens is 430 g/mol. The fraction of sp³-hybridized carbons (Fsp3) is 0.200. The number of nitrogens with zero attached hydrogens (tertiary/aromatic N) is 1. The summed E-state index contributed by atoms with van der Waals surface area (Å²) in [5.41, 5.74) is 3.68. The number of benzene rings is 3. The molecule has 1 heterocycles. The number of halogens is 2. The van der Waals surface area contributed by atoms with E-state index in [4.69, 9.17) is 0 Å². The quantitative estimate of drug-likeness (QED) is 0.571. The summed E-state index contributed by atoms with van der Waals surface area (Å²) in [6.07, 6.45) is 0.527. The van der Waals surface area contributed by atoms with Crippen LogP contribution in [0, 0.1) is 18.6 Å². The number of aryl methyl sites for hydroxylation is 1. The minimum atomic E-state index is -0.321. The van der Waals surface area contributed by atoms with Gasteiger partial charge >= 0.3 is 0 Å².